The largest absolute Gasteiger partial charge is 0.366 e. The monoisotopic (exact) mass is 219 g/mol. The summed E-state index contributed by atoms with van der Waals surface area (Å²) in [6.07, 6.45) is 3.21. The minimum absolute atomic E-state index is 0.663. The Morgan fingerprint density at radius 2 is 2.07 bits per heavy atom. The molecule has 0 aliphatic rings. The van der Waals surface area contributed by atoms with Crippen LogP contribution in [0.3, 0.4) is 0 Å². The zero-order chi connectivity index (χ0) is 10.5. The summed E-state index contributed by atoms with van der Waals surface area (Å²) in [7, 11) is 0. The molecular formula is C11H10ClN3. The number of nitrogens with one attached hydrogen (secondary N) is 1. The van der Waals surface area contributed by atoms with Crippen molar-refractivity contribution >= 4 is 17.4 Å². The molecule has 0 radical (unpaired) electrons. The molecule has 1 heterocycles. The molecule has 0 atom stereocenters. The molecule has 0 saturated carbocycles. The maximum absolute atomic E-state index is 6.02. The molecule has 0 spiro atoms. The molecule has 15 heavy (non-hydrogen) atoms. The SMILES string of the molecule is Clc1ccccc1CNc1ccncn1. The first-order valence-corrected chi connectivity index (χ1v) is 4.97. The summed E-state index contributed by atoms with van der Waals surface area (Å²) in [4.78, 5) is 7.90. The van der Waals surface area contributed by atoms with Crippen molar-refractivity contribution in [2.24, 2.45) is 0 Å². The molecule has 0 unspecified atom stereocenters. The van der Waals surface area contributed by atoms with Crippen LogP contribution < -0.4 is 5.32 Å². The van der Waals surface area contributed by atoms with Gasteiger partial charge in [0, 0.05) is 17.8 Å². The van der Waals surface area contributed by atoms with Crippen LogP contribution in [0.2, 0.25) is 5.02 Å². The van der Waals surface area contributed by atoms with Crippen LogP contribution >= 0.6 is 11.6 Å². The highest BCUT2D eigenvalue weighted by molar-refractivity contribution is 6.31. The fourth-order valence-corrected chi connectivity index (χ4v) is 1.43. The highest BCUT2D eigenvalue weighted by atomic mass is 35.5. The lowest BCUT2D eigenvalue weighted by Crippen LogP contribution is -2.01. The highest BCUT2D eigenvalue weighted by Gasteiger charge is 1.98. The van der Waals surface area contributed by atoms with E-state index in [1.165, 1.54) is 6.33 Å². The first-order chi connectivity index (χ1) is 7.36. The summed E-state index contributed by atoms with van der Waals surface area (Å²) in [6, 6.07) is 9.55. The van der Waals surface area contributed by atoms with Crippen molar-refractivity contribution in [3.8, 4) is 0 Å². The van der Waals surface area contributed by atoms with Crippen molar-refractivity contribution in [3.05, 3.63) is 53.4 Å². The Bertz CT molecular complexity index is 431. The predicted octanol–water partition coefficient (Wildman–Crippen LogP) is 2.74. The van der Waals surface area contributed by atoms with Crippen molar-refractivity contribution in [2.75, 3.05) is 5.32 Å². The Morgan fingerprint density at radius 3 is 2.80 bits per heavy atom. The van der Waals surface area contributed by atoms with Crippen LogP contribution in [0.1, 0.15) is 5.56 Å². The minimum atomic E-state index is 0.663. The third-order valence-corrected chi connectivity index (χ3v) is 2.37. The van der Waals surface area contributed by atoms with E-state index in [0.29, 0.717) is 6.54 Å². The third-order valence-electron chi connectivity index (χ3n) is 2.00. The van der Waals surface area contributed by atoms with Gasteiger partial charge in [-0.05, 0) is 17.7 Å². The number of benzene rings is 1. The van der Waals surface area contributed by atoms with Crippen LogP contribution in [0, 0.1) is 0 Å². The van der Waals surface area contributed by atoms with Crippen LogP contribution in [0.4, 0.5) is 5.82 Å². The average Bonchev–Trinajstić information content (AvgIpc) is 2.29. The molecular weight excluding hydrogens is 210 g/mol. The van der Waals surface area contributed by atoms with E-state index >= 15 is 0 Å². The van der Waals surface area contributed by atoms with E-state index in [4.69, 9.17) is 11.6 Å². The number of nitrogens with zero attached hydrogens (tertiary/aromatic N) is 2. The van der Waals surface area contributed by atoms with Gasteiger partial charge in [0.25, 0.3) is 0 Å². The fourth-order valence-electron chi connectivity index (χ4n) is 1.22. The maximum Gasteiger partial charge on any atom is 0.129 e. The lowest BCUT2D eigenvalue weighted by Gasteiger charge is -2.06. The van der Waals surface area contributed by atoms with E-state index in [1.54, 1.807) is 6.20 Å². The number of anilines is 1. The Morgan fingerprint density at radius 1 is 1.20 bits per heavy atom. The first kappa shape index (κ1) is 9.93. The van der Waals surface area contributed by atoms with Gasteiger partial charge in [0.1, 0.15) is 12.1 Å². The predicted molar refractivity (Wildman–Crippen MR) is 60.8 cm³/mol. The normalized spacial score (nSPS) is 9.93. The van der Waals surface area contributed by atoms with E-state index in [-0.39, 0.29) is 0 Å². The second-order valence-corrected chi connectivity index (χ2v) is 3.45. The van der Waals surface area contributed by atoms with Crippen molar-refractivity contribution in [2.45, 2.75) is 6.54 Å². The summed E-state index contributed by atoms with van der Waals surface area (Å²) in [6.45, 7) is 0.663. The quantitative estimate of drug-likeness (QED) is 0.863. The van der Waals surface area contributed by atoms with Crippen molar-refractivity contribution < 1.29 is 0 Å². The molecule has 1 aromatic heterocycles. The number of hydrogen-bond acceptors (Lipinski definition) is 3. The summed E-state index contributed by atoms with van der Waals surface area (Å²) in [5.74, 6) is 0.796. The van der Waals surface area contributed by atoms with Crippen LogP contribution in [-0.2, 0) is 6.54 Å². The van der Waals surface area contributed by atoms with Gasteiger partial charge in [-0.25, -0.2) is 9.97 Å². The van der Waals surface area contributed by atoms with Gasteiger partial charge in [0.2, 0.25) is 0 Å². The van der Waals surface area contributed by atoms with E-state index < -0.39 is 0 Å². The molecule has 4 heteroatoms. The molecule has 0 aliphatic heterocycles. The molecule has 0 aliphatic carbocycles. The lowest BCUT2D eigenvalue weighted by molar-refractivity contribution is 1.08. The Balaban J connectivity index is 2.03. The van der Waals surface area contributed by atoms with Gasteiger partial charge in [0.05, 0.1) is 0 Å². The van der Waals surface area contributed by atoms with E-state index in [2.05, 4.69) is 15.3 Å². The molecule has 2 aromatic rings. The standard InChI is InChI=1S/C11H10ClN3/c12-10-4-2-1-3-9(10)7-14-11-5-6-13-8-15-11/h1-6,8H,7H2,(H,13,14,15). The smallest absolute Gasteiger partial charge is 0.129 e. The van der Waals surface area contributed by atoms with Gasteiger partial charge >= 0.3 is 0 Å². The number of rotatable bonds is 3. The van der Waals surface area contributed by atoms with E-state index in [1.807, 2.05) is 30.3 Å². The molecule has 1 aromatic carbocycles. The van der Waals surface area contributed by atoms with Crippen LogP contribution in [0.25, 0.3) is 0 Å². The van der Waals surface area contributed by atoms with Gasteiger partial charge in [-0.2, -0.15) is 0 Å². The Labute approximate surface area is 93.1 Å². The second kappa shape index (κ2) is 4.75. The molecule has 1 N–H and O–H groups in total. The van der Waals surface area contributed by atoms with Crippen LogP contribution in [-0.4, -0.2) is 9.97 Å². The van der Waals surface area contributed by atoms with Crippen LogP contribution in [0.15, 0.2) is 42.9 Å². The summed E-state index contributed by atoms with van der Waals surface area (Å²) in [5, 5.41) is 3.93. The number of hydrogen-bond donors (Lipinski definition) is 1. The highest BCUT2D eigenvalue weighted by Crippen LogP contribution is 2.15. The average molecular weight is 220 g/mol. The maximum atomic E-state index is 6.02. The van der Waals surface area contributed by atoms with Crippen LogP contribution in [0.5, 0.6) is 0 Å². The Hall–Kier alpha value is -1.61. The van der Waals surface area contributed by atoms with Gasteiger partial charge < -0.3 is 5.32 Å². The zero-order valence-electron chi connectivity index (χ0n) is 8.02. The fraction of sp³-hybridized carbons (Fsp3) is 0.0909. The van der Waals surface area contributed by atoms with Gasteiger partial charge in [-0.1, -0.05) is 29.8 Å². The van der Waals surface area contributed by atoms with Crippen molar-refractivity contribution in [1.82, 2.24) is 9.97 Å². The summed E-state index contributed by atoms with van der Waals surface area (Å²) >= 11 is 6.02. The summed E-state index contributed by atoms with van der Waals surface area (Å²) in [5.41, 5.74) is 1.05. The van der Waals surface area contributed by atoms with E-state index in [0.717, 1.165) is 16.4 Å². The van der Waals surface area contributed by atoms with E-state index in [9.17, 15) is 0 Å². The lowest BCUT2D eigenvalue weighted by atomic mass is 10.2. The third kappa shape index (κ3) is 2.67. The molecule has 0 bridgehead atoms. The van der Waals surface area contributed by atoms with Gasteiger partial charge in [-0.3, -0.25) is 0 Å². The minimum Gasteiger partial charge on any atom is -0.366 e. The molecule has 0 saturated heterocycles. The first-order valence-electron chi connectivity index (χ1n) is 4.59. The molecule has 0 amide bonds. The molecule has 76 valence electrons. The van der Waals surface area contributed by atoms with Crippen molar-refractivity contribution in [3.63, 3.8) is 0 Å². The molecule has 0 fully saturated rings. The zero-order valence-corrected chi connectivity index (χ0v) is 8.78. The number of aromatic nitrogens is 2. The van der Waals surface area contributed by atoms with Gasteiger partial charge in [-0.15, -0.1) is 0 Å². The molecule has 2 rings (SSSR count). The topological polar surface area (TPSA) is 37.8 Å². The second-order valence-electron chi connectivity index (χ2n) is 3.04. The van der Waals surface area contributed by atoms with Gasteiger partial charge in [0.15, 0.2) is 0 Å². The number of halogens is 1. The molecule has 3 nitrogen and oxygen atoms in total. The van der Waals surface area contributed by atoms with Crippen molar-refractivity contribution in [1.29, 1.82) is 0 Å². The Kier molecular flexibility index (Phi) is 3.15. The summed E-state index contributed by atoms with van der Waals surface area (Å²) < 4.78 is 0.